The van der Waals surface area contributed by atoms with Crippen LogP contribution in [0.1, 0.15) is 24.6 Å². The topological polar surface area (TPSA) is 48.5 Å². The zero-order chi connectivity index (χ0) is 18.2. The Bertz CT molecular complexity index is 679. The van der Waals surface area contributed by atoms with Crippen molar-refractivity contribution in [1.82, 2.24) is 14.8 Å². The third-order valence-corrected chi connectivity index (χ3v) is 4.72. The number of hydrogen-bond donors (Lipinski definition) is 1. The van der Waals surface area contributed by atoms with Gasteiger partial charge in [-0.2, -0.15) is 0 Å². The van der Waals surface area contributed by atoms with E-state index in [1.54, 1.807) is 0 Å². The van der Waals surface area contributed by atoms with Gasteiger partial charge in [0.2, 0.25) is 5.91 Å². The van der Waals surface area contributed by atoms with E-state index in [-0.39, 0.29) is 5.91 Å². The van der Waals surface area contributed by atoms with Gasteiger partial charge < -0.3 is 5.32 Å². The van der Waals surface area contributed by atoms with Crippen LogP contribution in [0.5, 0.6) is 0 Å². The van der Waals surface area contributed by atoms with Gasteiger partial charge in [-0.3, -0.25) is 19.6 Å². The van der Waals surface area contributed by atoms with Crippen LogP contribution in [0.2, 0.25) is 0 Å². The minimum atomic E-state index is 0.0615. The van der Waals surface area contributed by atoms with Gasteiger partial charge in [-0.1, -0.05) is 31.5 Å². The summed E-state index contributed by atoms with van der Waals surface area (Å²) in [5.74, 6) is 0.0615. The second-order valence-corrected chi connectivity index (χ2v) is 6.87. The Morgan fingerprint density at radius 2 is 1.77 bits per heavy atom. The molecule has 2 aromatic rings. The number of pyridine rings is 1. The van der Waals surface area contributed by atoms with Crippen molar-refractivity contribution in [3.8, 4) is 0 Å². The Morgan fingerprint density at radius 1 is 1.04 bits per heavy atom. The largest absolute Gasteiger partial charge is 0.325 e. The van der Waals surface area contributed by atoms with E-state index in [0.29, 0.717) is 6.54 Å². The number of hydrogen-bond acceptors (Lipinski definition) is 4. The van der Waals surface area contributed by atoms with Gasteiger partial charge in [0, 0.05) is 44.6 Å². The number of amides is 1. The Labute approximate surface area is 156 Å². The smallest absolute Gasteiger partial charge is 0.238 e. The van der Waals surface area contributed by atoms with Crippen LogP contribution in [-0.2, 0) is 17.8 Å². The number of benzene rings is 1. The predicted molar refractivity (Wildman–Crippen MR) is 105 cm³/mol. The van der Waals surface area contributed by atoms with Crippen LogP contribution < -0.4 is 5.32 Å². The van der Waals surface area contributed by atoms with Gasteiger partial charge in [-0.15, -0.1) is 0 Å². The summed E-state index contributed by atoms with van der Waals surface area (Å²) in [5.41, 5.74) is 3.29. The van der Waals surface area contributed by atoms with Gasteiger partial charge in [-0.05, 0) is 36.2 Å². The fourth-order valence-electron chi connectivity index (χ4n) is 3.27. The molecule has 1 amide bonds. The van der Waals surface area contributed by atoms with E-state index in [1.807, 2.05) is 30.5 Å². The van der Waals surface area contributed by atoms with E-state index >= 15 is 0 Å². The Hall–Kier alpha value is -2.24. The molecule has 1 aromatic carbocycles. The first-order chi connectivity index (χ1) is 12.7. The monoisotopic (exact) mass is 352 g/mol. The molecule has 1 fully saturated rings. The van der Waals surface area contributed by atoms with E-state index in [2.05, 4.69) is 45.2 Å². The van der Waals surface area contributed by atoms with Crippen molar-refractivity contribution in [2.45, 2.75) is 26.3 Å². The number of rotatable bonds is 7. The lowest BCUT2D eigenvalue weighted by Crippen LogP contribution is -2.48. The van der Waals surface area contributed by atoms with E-state index in [1.165, 1.54) is 5.56 Å². The number of nitrogens with one attached hydrogen (secondary N) is 1. The molecule has 1 aliphatic rings. The van der Waals surface area contributed by atoms with Gasteiger partial charge in [0.1, 0.15) is 0 Å². The molecule has 0 saturated carbocycles. The average molecular weight is 352 g/mol. The van der Waals surface area contributed by atoms with Crippen LogP contribution in [0, 0.1) is 0 Å². The maximum absolute atomic E-state index is 12.3. The summed E-state index contributed by atoms with van der Waals surface area (Å²) in [6.07, 6.45) is 4.06. The first-order valence-electron chi connectivity index (χ1n) is 9.46. The van der Waals surface area contributed by atoms with Crippen molar-refractivity contribution < 1.29 is 4.79 Å². The number of nitrogens with zero attached hydrogens (tertiary/aromatic N) is 3. The molecule has 2 heterocycles. The molecule has 1 saturated heterocycles. The lowest BCUT2D eigenvalue weighted by molar-refractivity contribution is -0.117. The third-order valence-electron chi connectivity index (χ3n) is 4.72. The molecule has 0 atom stereocenters. The van der Waals surface area contributed by atoms with Crippen molar-refractivity contribution in [3.05, 3.63) is 59.9 Å². The Morgan fingerprint density at radius 3 is 2.42 bits per heavy atom. The number of aryl methyl sites for hydroxylation is 1. The van der Waals surface area contributed by atoms with Crippen molar-refractivity contribution in [3.63, 3.8) is 0 Å². The van der Waals surface area contributed by atoms with Gasteiger partial charge in [-0.25, -0.2) is 0 Å². The number of piperazine rings is 1. The van der Waals surface area contributed by atoms with E-state index in [9.17, 15) is 4.79 Å². The zero-order valence-electron chi connectivity index (χ0n) is 15.5. The van der Waals surface area contributed by atoms with Crippen LogP contribution in [0.4, 0.5) is 5.69 Å². The molecule has 5 nitrogen and oxygen atoms in total. The normalized spacial score (nSPS) is 15.7. The van der Waals surface area contributed by atoms with Gasteiger partial charge >= 0.3 is 0 Å². The molecule has 138 valence electrons. The van der Waals surface area contributed by atoms with E-state index < -0.39 is 0 Å². The highest BCUT2D eigenvalue weighted by atomic mass is 16.2. The standard InChI is InChI=1S/C21H28N4O/c1-2-5-18-7-9-19(10-8-18)23-21(26)17-25-14-12-24(13-15-25)16-20-6-3-4-11-22-20/h3-4,6-11H,2,5,12-17H2,1H3,(H,23,26). The molecule has 3 rings (SSSR count). The minimum absolute atomic E-state index is 0.0615. The predicted octanol–water partition coefficient (Wildman–Crippen LogP) is 2.79. The summed E-state index contributed by atoms with van der Waals surface area (Å²) in [5, 5.41) is 3.01. The van der Waals surface area contributed by atoms with Crippen LogP contribution in [0.25, 0.3) is 0 Å². The molecule has 1 aromatic heterocycles. The van der Waals surface area contributed by atoms with Crippen molar-refractivity contribution >= 4 is 11.6 Å². The average Bonchev–Trinajstić information content (AvgIpc) is 2.66. The van der Waals surface area contributed by atoms with Gasteiger partial charge in [0.05, 0.1) is 12.2 Å². The van der Waals surface area contributed by atoms with Crippen LogP contribution >= 0.6 is 0 Å². The highest BCUT2D eigenvalue weighted by molar-refractivity contribution is 5.92. The second kappa shape index (κ2) is 9.46. The number of carbonyl (C=O) groups is 1. The zero-order valence-corrected chi connectivity index (χ0v) is 15.5. The summed E-state index contributed by atoms with van der Waals surface area (Å²) in [6, 6.07) is 14.2. The van der Waals surface area contributed by atoms with E-state index in [4.69, 9.17) is 0 Å². The molecule has 0 aliphatic carbocycles. The van der Waals surface area contributed by atoms with Gasteiger partial charge in [0.15, 0.2) is 0 Å². The molecular formula is C21H28N4O. The molecule has 0 bridgehead atoms. The molecule has 1 N–H and O–H groups in total. The summed E-state index contributed by atoms with van der Waals surface area (Å²) >= 11 is 0. The van der Waals surface area contributed by atoms with Gasteiger partial charge in [0.25, 0.3) is 0 Å². The molecule has 1 aliphatic heterocycles. The molecule has 26 heavy (non-hydrogen) atoms. The number of anilines is 1. The third kappa shape index (κ3) is 5.64. The SMILES string of the molecule is CCCc1ccc(NC(=O)CN2CCN(Cc3ccccn3)CC2)cc1. The molecule has 0 spiro atoms. The summed E-state index contributed by atoms with van der Waals surface area (Å²) in [4.78, 5) is 21.3. The van der Waals surface area contributed by atoms with Crippen molar-refractivity contribution in [2.75, 3.05) is 38.0 Å². The fourth-order valence-corrected chi connectivity index (χ4v) is 3.27. The van der Waals surface area contributed by atoms with Crippen LogP contribution in [-0.4, -0.2) is 53.4 Å². The quantitative estimate of drug-likeness (QED) is 0.832. The summed E-state index contributed by atoms with van der Waals surface area (Å²) in [7, 11) is 0. The molecule has 5 heteroatoms. The first kappa shape index (κ1) is 18.5. The first-order valence-corrected chi connectivity index (χ1v) is 9.46. The van der Waals surface area contributed by atoms with Crippen molar-refractivity contribution in [2.24, 2.45) is 0 Å². The molecular weight excluding hydrogens is 324 g/mol. The Kier molecular flexibility index (Phi) is 6.75. The Balaban J connectivity index is 1.40. The van der Waals surface area contributed by atoms with Crippen LogP contribution in [0.15, 0.2) is 48.7 Å². The van der Waals surface area contributed by atoms with E-state index in [0.717, 1.165) is 56.9 Å². The minimum Gasteiger partial charge on any atom is -0.325 e. The second-order valence-electron chi connectivity index (χ2n) is 6.87. The molecule has 0 unspecified atom stereocenters. The number of carbonyl (C=O) groups excluding carboxylic acids is 1. The summed E-state index contributed by atoms with van der Waals surface area (Å²) in [6.45, 7) is 7.27. The lowest BCUT2D eigenvalue weighted by Gasteiger charge is -2.34. The molecule has 0 radical (unpaired) electrons. The fraction of sp³-hybridized carbons (Fsp3) is 0.429. The number of aromatic nitrogens is 1. The maximum Gasteiger partial charge on any atom is 0.238 e. The highest BCUT2D eigenvalue weighted by Gasteiger charge is 2.19. The maximum atomic E-state index is 12.3. The summed E-state index contributed by atoms with van der Waals surface area (Å²) < 4.78 is 0. The highest BCUT2D eigenvalue weighted by Crippen LogP contribution is 2.12. The van der Waals surface area contributed by atoms with Crippen LogP contribution in [0.3, 0.4) is 0 Å². The van der Waals surface area contributed by atoms with Crippen molar-refractivity contribution in [1.29, 1.82) is 0 Å². The lowest BCUT2D eigenvalue weighted by atomic mass is 10.1.